The predicted octanol–water partition coefficient (Wildman–Crippen LogP) is 7.61. The molecule has 7 heteroatoms. The lowest BCUT2D eigenvalue weighted by Crippen LogP contribution is -1.93. The van der Waals surface area contributed by atoms with Gasteiger partial charge in [0.25, 0.3) is 11.4 Å². The van der Waals surface area contributed by atoms with Crippen LogP contribution in [0.25, 0.3) is 22.3 Å². The minimum absolute atomic E-state index is 0.0698. The molecule has 0 fully saturated rings. The maximum absolute atomic E-state index is 11.1. The summed E-state index contributed by atoms with van der Waals surface area (Å²) in [6, 6.07) is 25.7. The Hall–Kier alpha value is -3.97. The van der Waals surface area contributed by atoms with Crippen molar-refractivity contribution in [3.05, 3.63) is 116 Å². The van der Waals surface area contributed by atoms with Crippen molar-refractivity contribution in [2.45, 2.75) is 23.6 Å². The average molecular weight is 457 g/mol. The van der Waals surface area contributed by atoms with E-state index in [2.05, 4.69) is 0 Å². The monoisotopic (exact) mass is 456 g/mol. The molecule has 33 heavy (non-hydrogen) atoms. The van der Waals surface area contributed by atoms with Gasteiger partial charge in [0, 0.05) is 34.1 Å². The summed E-state index contributed by atoms with van der Waals surface area (Å²) in [4.78, 5) is 23.5. The lowest BCUT2D eigenvalue weighted by molar-refractivity contribution is -0.385. The standard InChI is InChI=1S/C26H20N2O4S/c1-17-15-19(27(29)30)11-13-21(17)23-7-3-5-9-25(23)33-26-10-6-4-8-24(26)22-14-12-20(28(31)32)16-18(22)2/h3-16H,1-2H3. The van der Waals surface area contributed by atoms with Crippen molar-refractivity contribution in [1.29, 1.82) is 0 Å². The Morgan fingerprint density at radius 3 is 1.33 bits per heavy atom. The Balaban J connectivity index is 1.76. The van der Waals surface area contributed by atoms with Crippen molar-refractivity contribution in [3.63, 3.8) is 0 Å². The van der Waals surface area contributed by atoms with Crippen molar-refractivity contribution in [2.75, 3.05) is 0 Å². The Morgan fingerprint density at radius 1 is 0.576 bits per heavy atom. The zero-order chi connectivity index (χ0) is 23.5. The normalized spacial score (nSPS) is 10.7. The van der Waals surface area contributed by atoms with Gasteiger partial charge in [0.15, 0.2) is 0 Å². The van der Waals surface area contributed by atoms with Gasteiger partial charge in [-0.05, 0) is 71.5 Å². The van der Waals surface area contributed by atoms with Gasteiger partial charge in [0.05, 0.1) is 9.85 Å². The number of nitro groups is 2. The zero-order valence-electron chi connectivity index (χ0n) is 18.0. The highest BCUT2D eigenvalue weighted by atomic mass is 32.2. The summed E-state index contributed by atoms with van der Waals surface area (Å²) in [7, 11) is 0. The van der Waals surface area contributed by atoms with Crippen molar-refractivity contribution in [1.82, 2.24) is 0 Å². The fraction of sp³-hybridized carbons (Fsp3) is 0.0769. The van der Waals surface area contributed by atoms with E-state index in [1.807, 2.05) is 62.4 Å². The molecule has 0 aromatic heterocycles. The van der Waals surface area contributed by atoms with Crippen LogP contribution in [0.3, 0.4) is 0 Å². The zero-order valence-corrected chi connectivity index (χ0v) is 18.8. The summed E-state index contributed by atoms with van der Waals surface area (Å²) in [5.41, 5.74) is 5.66. The third-order valence-corrected chi connectivity index (χ3v) is 6.57. The van der Waals surface area contributed by atoms with Crippen molar-refractivity contribution in [2.24, 2.45) is 0 Å². The second-order valence-corrected chi connectivity index (χ2v) is 8.69. The number of nitro benzene ring substituents is 2. The average Bonchev–Trinajstić information content (AvgIpc) is 2.80. The summed E-state index contributed by atoms with van der Waals surface area (Å²) in [5, 5.41) is 22.3. The number of non-ortho nitro benzene ring substituents is 2. The maximum atomic E-state index is 11.1. The Morgan fingerprint density at radius 2 is 0.970 bits per heavy atom. The number of hydrogen-bond acceptors (Lipinski definition) is 5. The highest BCUT2D eigenvalue weighted by molar-refractivity contribution is 7.99. The number of rotatable bonds is 6. The molecule has 0 spiro atoms. The summed E-state index contributed by atoms with van der Waals surface area (Å²) in [5.74, 6) is 0. The molecule has 0 amide bonds. The van der Waals surface area contributed by atoms with E-state index in [-0.39, 0.29) is 21.2 Å². The molecule has 4 aromatic rings. The lowest BCUT2D eigenvalue weighted by Gasteiger charge is -2.15. The van der Waals surface area contributed by atoms with E-state index in [4.69, 9.17) is 0 Å². The van der Waals surface area contributed by atoms with Gasteiger partial charge in [-0.25, -0.2) is 0 Å². The van der Waals surface area contributed by atoms with Gasteiger partial charge in [0.2, 0.25) is 0 Å². The Kier molecular flexibility index (Phi) is 6.24. The Bertz CT molecular complexity index is 1280. The summed E-state index contributed by atoms with van der Waals surface area (Å²) in [6.07, 6.45) is 0. The van der Waals surface area contributed by atoms with Crippen molar-refractivity contribution >= 4 is 23.1 Å². The van der Waals surface area contributed by atoms with Gasteiger partial charge in [-0.3, -0.25) is 20.2 Å². The molecule has 4 aromatic carbocycles. The SMILES string of the molecule is Cc1cc([N+](=O)[O-])ccc1-c1ccccc1Sc1ccccc1-c1ccc([N+](=O)[O-])cc1C. The molecule has 0 bridgehead atoms. The van der Waals surface area contributed by atoms with Gasteiger partial charge in [-0.15, -0.1) is 0 Å². The first-order valence-corrected chi connectivity index (χ1v) is 11.0. The number of benzene rings is 4. The molecular weight excluding hydrogens is 436 g/mol. The van der Waals surface area contributed by atoms with E-state index < -0.39 is 0 Å². The fourth-order valence-corrected chi connectivity index (χ4v) is 4.91. The van der Waals surface area contributed by atoms with Crippen LogP contribution in [0.2, 0.25) is 0 Å². The third kappa shape index (κ3) is 4.63. The molecule has 0 radical (unpaired) electrons. The smallest absolute Gasteiger partial charge is 0.258 e. The van der Waals surface area contributed by atoms with E-state index in [0.717, 1.165) is 43.2 Å². The van der Waals surface area contributed by atoms with Crippen molar-refractivity contribution in [3.8, 4) is 22.3 Å². The van der Waals surface area contributed by atoms with E-state index >= 15 is 0 Å². The van der Waals surface area contributed by atoms with E-state index in [1.165, 1.54) is 12.1 Å². The first-order valence-electron chi connectivity index (χ1n) is 10.2. The quantitative estimate of drug-likeness (QED) is 0.220. The molecule has 0 saturated carbocycles. The molecule has 0 N–H and O–H groups in total. The van der Waals surface area contributed by atoms with Crippen molar-refractivity contribution < 1.29 is 9.85 Å². The summed E-state index contributed by atoms with van der Waals surface area (Å²) in [6.45, 7) is 3.75. The van der Waals surface area contributed by atoms with Crippen LogP contribution < -0.4 is 0 Å². The second-order valence-electron chi connectivity index (χ2n) is 7.61. The minimum atomic E-state index is -0.389. The Labute approximate surface area is 195 Å². The van der Waals surface area contributed by atoms with Gasteiger partial charge in [-0.1, -0.05) is 48.2 Å². The van der Waals surface area contributed by atoms with Gasteiger partial charge in [0.1, 0.15) is 0 Å². The summed E-state index contributed by atoms with van der Waals surface area (Å²) >= 11 is 1.60. The fourth-order valence-electron chi connectivity index (χ4n) is 3.80. The maximum Gasteiger partial charge on any atom is 0.269 e. The molecular formula is C26H20N2O4S. The molecule has 0 aliphatic rings. The van der Waals surface area contributed by atoms with E-state index in [0.29, 0.717) is 0 Å². The van der Waals surface area contributed by atoms with Crippen LogP contribution in [-0.2, 0) is 0 Å². The lowest BCUT2D eigenvalue weighted by atomic mass is 10.00. The van der Waals surface area contributed by atoms with Crippen LogP contribution in [0.4, 0.5) is 11.4 Å². The van der Waals surface area contributed by atoms with Gasteiger partial charge in [-0.2, -0.15) is 0 Å². The number of aryl methyl sites for hydroxylation is 2. The number of hydrogen-bond donors (Lipinski definition) is 0. The molecule has 0 unspecified atom stereocenters. The van der Waals surface area contributed by atoms with Gasteiger partial charge < -0.3 is 0 Å². The molecule has 6 nitrogen and oxygen atoms in total. The molecule has 0 aliphatic carbocycles. The highest BCUT2D eigenvalue weighted by Crippen LogP contribution is 2.42. The van der Waals surface area contributed by atoms with Gasteiger partial charge >= 0.3 is 0 Å². The van der Waals surface area contributed by atoms with Crippen LogP contribution in [0.5, 0.6) is 0 Å². The summed E-state index contributed by atoms with van der Waals surface area (Å²) < 4.78 is 0. The molecule has 0 atom stereocenters. The first-order chi connectivity index (χ1) is 15.8. The predicted molar refractivity (Wildman–Crippen MR) is 131 cm³/mol. The largest absolute Gasteiger partial charge is 0.269 e. The van der Waals surface area contributed by atoms with Crippen LogP contribution in [0.15, 0.2) is 94.7 Å². The minimum Gasteiger partial charge on any atom is -0.258 e. The third-order valence-electron chi connectivity index (χ3n) is 5.42. The second kappa shape index (κ2) is 9.26. The van der Waals surface area contributed by atoms with Crippen LogP contribution in [-0.4, -0.2) is 9.85 Å². The van der Waals surface area contributed by atoms with Crippen LogP contribution in [0, 0.1) is 34.1 Å². The molecule has 164 valence electrons. The molecule has 0 heterocycles. The molecule has 0 saturated heterocycles. The molecule has 0 aliphatic heterocycles. The van der Waals surface area contributed by atoms with Crippen LogP contribution >= 0.6 is 11.8 Å². The highest BCUT2D eigenvalue weighted by Gasteiger charge is 2.16. The van der Waals surface area contributed by atoms with E-state index in [1.54, 1.807) is 36.0 Å². The van der Waals surface area contributed by atoms with Crippen LogP contribution in [0.1, 0.15) is 11.1 Å². The van der Waals surface area contributed by atoms with E-state index in [9.17, 15) is 20.2 Å². The topological polar surface area (TPSA) is 86.3 Å². The number of nitrogens with zero attached hydrogens (tertiary/aromatic N) is 2. The molecule has 4 rings (SSSR count). The first kappa shape index (κ1) is 22.2.